The van der Waals surface area contributed by atoms with Gasteiger partial charge in [-0.2, -0.15) is 5.26 Å². The summed E-state index contributed by atoms with van der Waals surface area (Å²) in [4.78, 5) is 15.2. The summed E-state index contributed by atoms with van der Waals surface area (Å²) < 4.78 is 5.14. The first-order valence-electron chi connectivity index (χ1n) is 10.8. The van der Waals surface area contributed by atoms with Crippen LogP contribution in [0, 0.1) is 18.3 Å². The first-order chi connectivity index (χ1) is 15.1. The van der Waals surface area contributed by atoms with Crippen molar-refractivity contribution in [2.45, 2.75) is 53.1 Å². The second-order valence-corrected chi connectivity index (χ2v) is 9.02. The van der Waals surface area contributed by atoms with Crippen LogP contribution in [0.25, 0.3) is 11.6 Å². The Balaban J connectivity index is 1.97. The molecule has 5 nitrogen and oxygen atoms in total. The Morgan fingerprint density at radius 2 is 1.84 bits per heavy atom. The van der Waals surface area contributed by atoms with Crippen molar-refractivity contribution >= 4 is 28.9 Å². The van der Waals surface area contributed by atoms with E-state index in [0.717, 1.165) is 16.7 Å². The Hall–Kier alpha value is -3.52. The molecule has 5 heteroatoms. The molecule has 1 aliphatic heterocycles. The quantitative estimate of drug-likeness (QED) is 0.470. The van der Waals surface area contributed by atoms with Crippen molar-refractivity contribution in [1.82, 2.24) is 0 Å². The zero-order chi connectivity index (χ0) is 23.6. The number of nitrogens with zero attached hydrogens (tertiary/aromatic N) is 2. The molecule has 1 aliphatic rings. The van der Waals surface area contributed by atoms with E-state index < -0.39 is 5.91 Å². The van der Waals surface area contributed by atoms with Crippen LogP contribution >= 0.6 is 0 Å². The number of anilines is 2. The van der Waals surface area contributed by atoms with Gasteiger partial charge >= 0.3 is 0 Å². The number of ether oxygens (including phenoxy) is 1. The summed E-state index contributed by atoms with van der Waals surface area (Å²) in [5, 5.41) is 12.4. The molecule has 0 radical (unpaired) electrons. The fourth-order valence-corrected chi connectivity index (χ4v) is 4.49. The molecule has 32 heavy (non-hydrogen) atoms. The number of nitriles is 1. The number of hydrogen-bond acceptors (Lipinski definition) is 4. The van der Waals surface area contributed by atoms with Gasteiger partial charge in [0.15, 0.2) is 0 Å². The highest BCUT2D eigenvalue weighted by molar-refractivity contribution is 6.09. The number of carbonyl (C=O) groups is 1. The summed E-state index contributed by atoms with van der Waals surface area (Å²) in [5.74, 6) is 0.262. The summed E-state index contributed by atoms with van der Waals surface area (Å²) in [6.45, 7) is 13.0. The number of aryl methyl sites for hydroxylation is 1. The van der Waals surface area contributed by atoms with E-state index in [-0.39, 0.29) is 11.1 Å². The van der Waals surface area contributed by atoms with Crippen molar-refractivity contribution in [3.63, 3.8) is 0 Å². The van der Waals surface area contributed by atoms with E-state index in [1.807, 2.05) is 6.92 Å². The minimum absolute atomic E-state index is 0.0577. The molecule has 0 atom stereocenters. The molecule has 1 N–H and O–H groups in total. The highest BCUT2D eigenvalue weighted by Crippen LogP contribution is 2.41. The lowest BCUT2D eigenvalue weighted by molar-refractivity contribution is -0.112. The Morgan fingerprint density at radius 1 is 1.19 bits per heavy atom. The molecule has 3 rings (SSSR count). The van der Waals surface area contributed by atoms with Gasteiger partial charge in [-0.05, 0) is 101 Å². The number of rotatable bonds is 5. The van der Waals surface area contributed by atoms with Crippen LogP contribution in [-0.4, -0.2) is 24.6 Å². The largest absolute Gasteiger partial charge is 0.497 e. The normalized spacial score (nSPS) is 15.0. The lowest BCUT2D eigenvalue weighted by atomic mass is 9.85. The zero-order valence-corrected chi connectivity index (χ0v) is 19.9. The number of nitrogens with one attached hydrogen (secondary N) is 1. The summed E-state index contributed by atoms with van der Waals surface area (Å²) in [7, 11) is 1.59. The predicted molar refractivity (Wildman–Crippen MR) is 132 cm³/mol. The van der Waals surface area contributed by atoms with E-state index >= 15 is 0 Å². The highest BCUT2D eigenvalue weighted by Gasteiger charge is 2.33. The van der Waals surface area contributed by atoms with Crippen molar-refractivity contribution in [3.05, 3.63) is 64.7 Å². The summed E-state index contributed by atoms with van der Waals surface area (Å²) in [6.07, 6.45) is 3.95. The van der Waals surface area contributed by atoms with Gasteiger partial charge in [0.2, 0.25) is 0 Å². The molecule has 0 bridgehead atoms. The summed E-state index contributed by atoms with van der Waals surface area (Å²) >= 11 is 0. The fraction of sp³-hybridized carbons (Fsp3) is 0.333. The van der Waals surface area contributed by atoms with Crippen LogP contribution < -0.4 is 15.0 Å². The van der Waals surface area contributed by atoms with Crippen molar-refractivity contribution in [2.75, 3.05) is 17.3 Å². The fourth-order valence-electron chi connectivity index (χ4n) is 4.49. The predicted octanol–water partition coefficient (Wildman–Crippen LogP) is 5.96. The van der Waals surface area contributed by atoms with Crippen LogP contribution in [-0.2, 0) is 4.79 Å². The summed E-state index contributed by atoms with van der Waals surface area (Å²) in [6, 6.07) is 13.6. The third kappa shape index (κ3) is 4.55. The van der Waals surface area contributed by atoms with Crippen molar-refractivity contribution in [3.8, 4) is 11.8 Å². The van der Waals surface area contributed by atoms with E-state index in [4.69, 9.17) is 4.74 Å². The maximum Gasteiger partial charge on any atom is 0.266 e. The SMILES string of the molecule is COc1ccc(NC(=O)/C(C#N)=C\c2cc3c(cc2C)N(C(C)C)C(C)(C)C=C3C)cc1. The van der Waals surface area contributed by atoms with Gasteiger partial charge in [-0.3, -0.25) is 4.79 Å². The lowest BCUT2D eigenvalue weighted by Crippen LogP contribution is -2.49. The molecule has 1 amide bonds. The molecule has 1 heterocycles. The molecule has 0 fully saturated rings. The van der Waals surface area contributed by atoms with E-state index in [0.29, 0.717) is 17.5 Å². The van der Waals surface area contributed by atoms with Crippen LogP contribution in [0.2, 0.25) is 0 Å². The third-order valence-corrected chi connectivity index (χ3v) is 5.79. The maximum absolute atomic E-state index is 12.7. The van der Waals surface area contributed by atoms with Gasteiger partial charge in [0.25, 0.3) is 5.91 Å². The molecule has 2 aromatic carbocycles. The Morgan fingerprint density at radius 3 is 2.41 bits per heavy atom. The monoisotopic (exact) mass is 429 g/mol. The minimum atomic E-state index is -0.438. The molecule has 0 saturated heterocycles. The molecule has 2 aromatic rings. The number of allylic oxidation sites excluding steroid dienone is 1. The molecule has 0 saturated carbocycles. The molecule has 0 aliphatic carbocycles. The number of carbonyl (C=O) groups excluding carboxylic acids is 1. The summed E-state index contributed by atoms with van der Waals surface area (Å²) in [5.41, 5.74) is 5.95. The van der Waals surface area contributed by atoms with E-state index in [9.17, 15) is 10.1 Å². The lowest BCUT2D eigenvalue weighted by Gasteiger charge is -2.46. The van der Waals surface area contributed by atoms with Gasteiger partial charge in [-0.15, -0.1) is 0 Å². The van der Waals surface area contributed by atoms with Crippen LogP contribution in [0.4, 0.5) is 11.4 Å². The van der Waals surface area contributed by atoms with Crippen LogP contribution in [0.5, 0.6) is 5.75 Å². The van der Waals surface area contributed by atoms with E-state index in [2.05, 4.69) is 69.1 Å². The van der Waals surface area contributed by atoms with E-state index in [1.165, 1.54) is 11.3 Å². The van der Waals surface area contributed by atoms with Gasteiger partial charge < -0.3 is 15.0 Å². The van der Waals surface area contributed by atoms with Gasteiger partial charge in [-0.25, -0.2) is 0 Å². The third-order valence-electron chi connectivity index (χ3n) is 5.79. The van der Waals surface area contributed by atoms with Gasteiger partial charge in [0.1, 0.15) is 17.4 Å². The van der Waals surface area contributed by atoms with Crippen LogP contribution in [0.15, 0.2) is 48.0 Å². The Kier molecular flexibility index (Phi) is 6.45. The Bertz CT molecular complexity index is 1130. The highest BCUT2D eigenvalue weighted by atomic mass is 16.5. The van der Waals surface area contributed by atoms with Gasteiger partial charge in [0, 0.05) is 23.0 Å². The average Bonchev–Trinajstić information content (AvgIpc) is 2.72. The van der Waals surface area contributed by atoms with Crippen molar-refractivity contribution < 1.29 is 9.53 Å². The number of amides is 1. The van der Waals surface area contributed by atoms with Gasteiger partial charge in [-0.1, -0.05) is 6.08 Å². The molecule has 166 valence electrons. The van der Waals surface area contributed by atoms with Crippen molar-refractivity contribution in [2.24, 2.45) is 0 Å². The van der Waals surface area contributed by atoms with E-state index in [1.54, 1.807) is 37.5 Å². The maximum atomic E-state index is 12.7. The Labute approximate surface area is 191 Å². The number of fused-ring (bicyclic) bond motifs is 1. The number of benzene rings is 2. The smallest absolute Gasteiger partial charge is 0.266 e. The second kappa shape index (κ2) is 8.92. The molecular weight excluding hydrogens is 398 g/mol. The number of hydrogen-bond donors (Lipinski definition) is 1. The first kappa shape index (κ1) is 23.1. The first-order valence-corrected chi connectivity index (χ1v) is 10.8. The molecule has 0 aromatic heterocycles. The van der Waals surface area contributed by atoms with Crippen molar-refractivity contribution in [1.29, 1.82) is 5.26 Å². The average molecular weight is 430 g/mol. The topological polar surface area (TPSA) is 65.4 Å². The van der Waals surface area contributed by atoms with Crippen LogP contribution in [0.3, 0.4) is 0 Å². The molecule has 0 unspecified atom stereocenters. The standard InChI is InChI=1S/C27H31N3O2/c1-17(2)30-25-12-18(3)20(14-24(25)19(4)15-27(30,5)6)13-21(16-28)26(31)29-22-8-10-23(32-7)11-9-22/h8-15,17H,1-7H3,(H,29,31)/b21-13-. The molecule has 0 spiro atoms. The molecular formula is C27H31N3O2. The van der Waals surface area contributed by atoms with Gasteiger partial charge in [0.05, 0.1) is 12.6 Å². The van der Waals surface area contributed by atoms with Crippen LogP contribution in [0.1, 0.15) is 51.3 Å². The minimum Gasteiger partial charge on any atom is -0.497 e. The second-order valence-electron chi connectivity index (χ2n) is 9.02. The number of methoxy groups -OCH3 is 1. The zero-order valence-electron chi connectivity index (χ0n) is 19.9.